The van der Waals surface area contributed by atoms with Crippen LogP contribution in [0.1, 0.15) is 6.42 Å². The van der Waals surface area contributed by atoms with Gasteiger partial charge in [-0.3, -0.25) is 0 Å². The molecule has 0 spiro atoms. The lowest BCUT2D eigenvalue weighted by molar-refractivity contribution is 0.0367. The summed E-state index contributed by atoms with van der Waals surface area (Å²) in [4.78, 5) is 0. The molecule has 0 amide bonds. The first-order valence-electron chi connectivity index (χ1n) is 4.18. The Hall–Kier alpha value is -1.42. The van der Waals surface area contributed by atoms with E-state index in [1.54, 1.807) is 18.2 Å². The maximum atomic E-state index is 5.40. The minimum atomic E-state index is 0.604. The first kappa shape index (κ1) is 9.67. The van der Waals surface area contributed by atoms with Crippen molar-refractivity contribution in [3.63, 3.8) is 0 Å². The molecule has 1 aliphatic rings. The molecule has 72 valence electrons. The van der Waals surface area contributed by atoms with E-state index in [-0.39, 0.29) is 0 Å². The van der Waals surface area contributed by atoms with Gasteiger partial charge in [0.15, 0.2) is 0 Å². The molecule has 1 fully saturated rings. The van der Waals surface area contributed by atoms with E-state index in [1.165, 1.54) is 6.42 Å². The van der Waals surface area contributed by atoms with Crippen LogP contribution in [0, 0.1) is 0 Å². The Morgan fingerprint density at radius 3 is 1.23 bits per heavy atom. The maximum Gasteiger partial charge on any atom is 0.0488 e. The molecule has 4 nitrogen and oxygen atoms in total. The number of nitrogens with two attached hydrogens (primary N) is 3. The zero-order chi connectivity index (χ0) is 9.68. The van der Waals surface area contributed by atoms with Gasteiger partial charge < -0.3 is 21.9 Å². The maximum absolute atomic E-state index is 5.40. The number of nitrogen functional groups attached to an aromatic ring is 3. The molecule has 2 rings (SSSR count). The minimum Gasteiger partial charge on any atom is -0.399 e. The molecule has 1 aromatic carbocycles. The van der Waals surface area contributed by atoms with Gasteiger partial charge in [0.2, 0.25) is 0 Å². The van der Waals surface area contributed by atoms with Gasteiger partial charge in [-0.05, 0) is 24.6 Å². The van der Waals surface area contributed by atoms with Crippen LogP contribution < -0.4 is 17.2 Å². The van der Waals surface area contributed by atoms with Crippen LogP contribution in [0.25, 0.3) is 0 Å². The number of rotatable bonds is 0. The van der Waals surface area contributed by atoms with Gasteiger partial charge >= 0.3 is 0 Å². The molecule has 6 N–H and O–H groups in total. The second-order valence-corrected chi connectivity index (χ2v) is 2.90. The van der Waals surface area contributed by atoms with Crippen LogP contribution in [0.5, 0.6) is 0 Å². The van der Waals surface area contributed by atoms with Crippen molar-refractivity contribution in [3.05, 3.63) is 18.2 Å². The molecule has 13 heavy (non-hydrogen) atoms. The summed E-state index contributed by atoms with van der Waals surface area (Å²) in [5.74, 6) is 0. The number of hydrogen-bond donors (Lipinski definition) is 3. The van der Waals surface area contributed by atoms with E-state index < -0.39 is 0 Å². The first-order valence-corrected chi connectivity index (χ1v) is 4.18. The van der Waals surface area contributed by atoms with Crippen LogP contribution in [-0.2, 0) is 4.74 Å². The van der Waals surface area contributed by atoms with Crippen molar-refractivity contribution in [1.29, 1.82) is 0 Å². The van der Waals surface area contributed by atoms with Gasteiger partial charge in [-0.1, -0.05) is 0 Å². The molecule has 0 aromatic heterocycles. The monoisotopic (exact) mass is 181 g/mol. The molecular weight excluding hydrogens is 166 g/mol. The van der Waals surface area contributed by atoms with E-state index >= 15 is 0 Å². The van der Waals surface area contributed by atoms with Crippen LogP contribution in [0.15, 0.2) is 18.2 Å². The van der Waals surface area contributed by atoms with Gasteiger partial charge in [-0.15, -0.1) is 0 Å². The highest BCUT2D eigenvalue weighted by atomic mass is 16.5. The van der Waals surface area contributed by atoms with Gasteiger partial charge in [0, 0.05) is 30.3 Å². The average Bonchev–Trinajstić information content (AvgIpc) is 1.77. The fraction of sp³-hybridized carbons (Fsp3) is 0.333. The lowest BCUT2D eigenvalue weighted by atomic mass is 10.2. The summed E-state index contributed by atoms with van der Waals surface area (Å²) in [6, 6.07) is 4.99. The third-order valence-electron chi connectivity index (χ3n) is 1.58. The third-order valence-corrected chi connectivity index (χ3v) is 1.58. The third kappa shape index (κ3) is 3.66. The highest BCUT2D eigenvalue weighted by Crippen LogP contribution is 2.14. The number of anilines is 3. The van der Waals surface area contributed by atoms with Crippen molar-refractivity contribution in [2.45, 2.75) is 6.42 Å². The second-order valence-electron chi connectivity index (χ2n) is 2.90. The summed E-state index contributed by atoms with van der Waals surface area (Å²) in [5.41, 5.74) is 18.0. The van der Waals surface area contributed by atoms with E-state index in [9.17, 15) is 0 Å². The van der Waals surface area contributed by atoms with Crippen LogP contribution in [0.2, 0.25) is 0 Å². The predicted molar refractivity (Wildman–Crippen MR) is 55.1 cm³/mol. The van der Waals surface area contributed by atoms with Crippen molar-refractivity contribution in [3.8, 4) is 0 Å². The number of ether oxygens (including phenoxy) is 1. The Kier molecular flexibility index (Phi) is 3.40. The fourth-order valence-electron chi connectivity index (χ4n) is 0.847. The van der Waals surface area contributed by atoms with Crippen LogP contribution >= 0.6 is 0 Å². The van der Waals surface area contributed by atoms with E-state index in [0.717, 1.165) is 13.2 Å². The van der Waals surface area contributed by atoms with Gasteiger partial charge in [-0.25, -0.2) is 0 Å². The average molecular weight is 181 g/mol. The molecule has 4 heteroatoms. The van der Waals surface area contributed by atoms with Crippen molar-refractivity contribution in [1.82, 2.24) is 0 Å². The Morgan fingerprint density at radius 2 is 1.08 bits per heavy atom. The minimum absolute atomic E-state index is 0.604. The van der Waals surface area contributed by atoms with Crippen LogP contribution in [0.4, 0.5) is 17.1 Å². The summed E-state index contributed by atoms with van der Waals surface area (Å²) in [5, 5.41) is 0. The smallest absolute Gasteiger partial charge is 0.0488 e. The second kappa shape index (κ2) is 4.57. The van der Waals surface area contributed by atoms with Crippen LogP contribution in [-0.4, -0.2) is 13.2 Å². The Morgan fingerprint density at radius 1 is 0.846 bits per heavy atom. The normalized spacial score (nSPS) is 13.8. The molecule has 1 heterocycles. The summed E-state index contributed by atoms with van der Waals surface area (Å²) >= 11 is 0. The number of hydrogen-bond acceptors (Lipinski definition) is 4. The SMILES string of the molecule is C1COC1.Nc1cc(N)cc(N)c1. The first-order chi connectivity index (χ1) is 6.18. The Balaban J connectivity index is 0.000000175. The summed E-state index contributed by atoms with van der Waals surface area (Å²) < 4.78 is 4.72. The largest absolute Gasteiger partial charge is 0.399 e. The molecule has 0 unspecified atom stereocenters. The van der Waals surface area contributed by atoms with Gasteiger partial charge in [0.05, 0.1) is 0 Å². The predicted octanol–water partition coefficient (Wildman–Crippen LogP) is 0.840. The molecule has 0 saturated carbocycles. The van der Waals surface area contributed by atoms with Gasteiger partial charge in [0.25, 0.3) is 0 Å². The van der Waals surface area contributed by atoms with E-state index in [2.05, 4.69) is 0 Å². The molecule has 0 aliphatic carbocycles. The Labute approximate surface area is 77.7 Å². The van der Waals surface area contributed by atoms with Crippen molar-refractivity contribution >= 4 is 17.1 Å². The lowest BCUT2D eigenvalue weighted by Crippen LogP contribution is -2.09. The van der Waals surface area contributed by atoms with Crippen molar-refractivity contribution < 1.29 is 4.74 Å². The molecule has 1 aliphatic heterocycles. The molecular formula is C9H15N3O. The summed E-state index contributed by atoms with van der Waals surface area (Å²) in [6.45, 7) is 2.00. The van der Waals surface area contributed by atoms with E-state index in [4.69, 9.17) is 21.9 Å². The van der Waals surface area contributed by atoms with Crippen molar-refractivity contribution in [2.75, 3.05) is 30.4 Å². The zero-order valence-electron chi connectivity index (χ0n) is 7.49. The summed E-state index contributed by atoms with van der Waals surface area (Å²) in [7, 11) is 0. The lowest BCUT2D eigenvalue weighted by Gasteiger charge is -2.09. The van der Waals surface area contributed by atoms with Gasteiger partial charge in [0.1, 0.15) is 0 Å². The molecule has 1 aromatic rings. The van der Waals surface area contributed by atoms with Crippen LogP contribution in [0.3, 0.4) is 0 Å². The number of benzene rings is 1. The Bertz CT molecular complexity index is 217. The van der Waals surface area contributed by atoms with E-state index in [1.807, 2.05) is 0 Å². The fourth-order valence-corrected chi connectivity index (χ4v) is 0.847. The quantitative estimate of drug-likeness (QED) is 0.517. The highest BCUT2D eigenvalue weighted by molar-refractivity contribution is 5.61. The standard InChI is InChI=1S/C6H9N3.C3H6O/c7-4-1-5(8)3-6(9)2-4;1-2-4-3-1/h1-3H,7-9H2;1-3H2. The zero-order valence-corrected chi connectivity index (χ0v) is 7.49. The topological polar surface area (TPSA) is 87.3 Å². The molecule has 0 atom stereocenters. The molecule has 0 radical (unpaired) electrons. The molecule has 1 saturated heterocycles. The highest BCUT2D eigenvalue weighted by Gasteiger charge is 1.94. The van der Waals surface area contributed by atoms with Gasteiger partial charge in [-0.2, -0.15) is 0 Å². The summed E-state index contributed by atoms with van der Waals surface area (Å²) in [6.07, 6.45) is 1.28. The molecule has 0 bridgehead atoms. The van der Waals surface area contributed by atoms with Crippen molar-refractivity contribution in [2.24, 2.45) is 0 Å². The van der Waals surface area contributed by atoms with E-state index in [0.29, 0.717) is 17.1 Å².